The van der Waals surface area contributed by atoms with E-state index in [4.69, 9.17) is 4.74 Å². The lowest BCUT2D eigenvalue weighted by molar-refractivity contribution is 0.392. The Morgan fingerprint density at radius 1 is 1.14 bits per heavy atom. The van der Waals surface area contributed by atoms with Crippen molar-refractivity contribution in [3.05, 3.63) is 58.2 Å². The fourth-order valence-electron chi connectivity index (χ4n) is 3.42. The van der Waals surface area contributed by atoms with Gasteiger partial charge in [-0.05, 0) is 36.0 Å². The van der Waals surface area contributed by atoms with E-state index in [1.165, 1.54) is 27.8 Å². The van der Waals surface area contributed by atoms with Crippen molar-refractivity contribution in [2.75, 3.05) is 7.11 Å². The van der Waals surface area contributed by atoms with E-state index in [9.17, 15) is 0 Å². The first-order valence-corrected chi connectivity index (χ1v) is 7.68. The SMILES string of the molecule is COc1c(C(C)(C)C)cc2c(c1C1C=CC=C1)CC(C)=C2. The molecule has 0 spiro atoms. The van der Waals surface area contributed by atoms with Gasteiger partial charge in [0.2, 0.25) is 0 Å². The molecule has 1 nitrogen and oxygen atoms in total. The van der Waals surface area contributed by atoms with Gasteiger partial charge in [0.1, 0.15) is 5.75 Å². The van der Waals surface area contributed by atoms with Crippen molar-refractivity contribution in [3.8, 4) is 5.75 Å². The van der Waals surface area contributed by atoms with E-state index in [1.807, 2.05) is 0 Å². The standard InChI is InChI=1S/C20H24O/c1-13-10-15-12-17(20(2,3)4)19(21-5)18(16(15)11-13)14-8-6-7-9-14/h6-10,12,14H,11H2,1-5H3. The van der Waals surface area contributed by atoms with E-state index in [-0.39, 0.29) is 5.41 Å². The van der Waals surface area contributed by atoms with Crippen molar-refractivity contribution in [2.45, 2.75) is 45.4 Å². The van der Waals surface area contributed by atoms with Crippen LogP contribution < -0.4 is 4.74 Å². The average molecular weight is 280 g/mol. The highest BCUT2D eigenvalue weighted by Crippen LogP contribution is 2.45. The summed E-state index contributed by atoms with van der Waals surface area (Å²) in [5.74, 6) is 1.42. The van der Waals surface area contributed by atoms with Gasteiger partial charge >= 0.3 is 0 Å². The van der Waals surface area contributed by atoms with Gasteiger partial charge in [0.15, 0.2) is 0 Å². The minimum atomic E-state index is 0.0749. The van der Waals surface area contributed by atoms with Crippen LogP contribution in [0, 0.1) is 0 Å². The summed E-state index contributed by atoms with van der Waals surface area (Å²) >= 11 is 0. The normalized spacial score (nSPS) is 17.3. The van der Waals surface area contributed by atoms with Crippen molar-refractivity contribution >= 4 is 6.08 Å². The second-order valence-electron chi connectivity index (χ2n) is 7.15. The quantitative estimate of drug-likeness (QED) is 0.727. The molecular weight excluding hydrogens is 256 g/mol. The van der Waals surface area contributed by atoms with Crippen LogP contribution in [0.4, 0.5) is 0 Å². The number of hydrogen-bond donors (Lipinski definition) is 0. The number of benzene rings is 1. The Labute approximate surface area is 128 Å². The predicted molar refractivity (Wildman–Crippen MR) is 90.1 cm³/mol. The van der Waals surface area contributed by atoms with Gasteiger partial charge in [-0.15, -0.1) is 0 Å². The summed E-state index contributed by atoms with van der Waals surface area (Å²) < 4.78 is 5.88. The molecule has 2 aliphatic carbocycles. The van der Waals surface area contributed by atoms with E-state index in [1.54, 1.807) is 7.11 Å². The Morgan fingerprint density at radius 2 is 1.81 bits per heavy atom. The number of allylic oxidation sites excluding steroid dienone is 5. The molecule has 0 heterocycles. The van der Waals surface area contributed by atoms with Gasteiger partial charge in [0.05, 0.1) is 7.11 Å². The van der Waals surface area contributed by atoms with Gasteiger partial charge in [-0.1, -0.05) is 56.7 Å². The molecule has 0 aromatic heterocycles. The molecule has 21 heavy (non-hydrogen) atoms. The summed E-state index contributed by atoms with van der Waals surface area (Å²) in [6, 6.07) is 2.33. The first-order chi connectivity index (χ1) is 9.91. The Hall–Kier alpha value is -1.76. The maximum atomic E-state index is 5.88. The summed E-state index contributed by atoms with van der Waals surface area (Å²) in [7, 11) is 1.80. The first-order valence-electron chi connectivity index (χ1n) is 7.68. The molecule has 0 bridgehead atoms. The van der Waals surface area contributed by atoms with E-state index in [0.717, 1.165) is 12.2 Å². The van der Waals surface area contributed by atoms with Gasteiger partial charge in [-0.25, -0.2) is 0 Å². The van der Waals surface area contributed by atoms with Gasteiger partial charge in [-0.2, -0.15) is 0 Å². The Balaban J connectivity index is 2.29. The van der Waals surface area contributed by atoms with E-state index in [2.05, 4.69) is 64.1 Å². The molecule has 0 aliphatic heterocycles. The van der Waals surface area contributed by atoms with Crippen molar-refractivity contribution in [1.29, 1.82) is 0 Å². The Kier molecular flexibility index (Phi) is 3.32. The minimum Gasteiger partial charge on any atom is -0.496 e. The molecule has 0 N–H and O–H groups in total. The summed E-state index contributed by atoms with van der Waals surface area (Å²) in [5.41, 5.74) is 6.99. The van der Waals surface area contributed by atoms with Gasteiger partial charge < -0.3 is 4.74 Å². The molecule has 1 aromatic carbocycles. The van der Waals surface area contributed by atoms with Gasteiger partial charge in [-0.3, -0.25) is 0 Å². The maximum Gasteiger partial charge on any atom is 0.127 e. The average Bonchev–Trinajstić information content (AvgIpc) is 3.02. The second kappa shape index (κ2) is 4.91. The maximum absolute atomic E-state index is 5.88. The fraction of sp³-hybridized carbons (Fsp3) is 0.400. The largest absolute Gasteiger partial charge is 0.496 e. The summed E-state index contributed by atoms with van der Waals surface area (Å²) in [6.07, 6.45) is 12.2. The lowest BCUT2D eigenvalue weighted by Crippen LogP contribution is -2.16. The summed E-state index contributed by atoms with van der Waals surface area (Å²) in [6.45, 7) is 8.99. The van der Waals surface area contributed by atoms with Crippen molar-refractivity contribution in [3.63, 3.8) is 0 Å². The number of hydrogen-bond acceptors (Lipinski definition) is 1. The van der Waals surface area contributed by atoms with Crippen LogP contribution in [0.15, 0.2) is 35.9 Å². The van der Waals surface area contributed by atoms with E-state index < -0.39 is 0 Å². The molecule has 1 heteroatoms. The molecule has 0 fully saturated rings. The van der Waals surface area contributed by atoms with Gasteiger partial charge in [0.25, 0.3) is 0 Å². The van der Waals surface area contributed by atoms with Crippen LogP contribution in [-0.4, -0.2) is 7.11 Å². The summed E-state index contributed by atoms with van der Waals surface area (Å²) in [5, 5.41) is 0. The molecule has 0 amide bonds. The van der Waals surface area contributed by atoms with Crippen molar-refractivity contribution in [2.24, 2.45) is 0 Å². The molecular formula is C20H24O. The number of rotatable bonds is 2. The molecule has 0 radical (unpaired) electrons. The molecule has 110 valence electrons. The number of methoxy groups -OCH3 is 1. The summed E-state index contributed by atoms with van der Waals surface area (Å²) in [4.78, 5) is 0. The molecule has 0 atom stereocenters. The molecule has 3 rings (SSSR count). The van der Waals surface area contributed by atoms with Crippen LogP contribution in [-0.2, 0) is 11.8 Å². The third-order valence-corrected chi connectivity index (χ3v) is 4.41. The highest BCUT2D eigenvalue weighted by atomic mass is 16.5. The zero-order chi connectivity index (χ0) is 15.2. The van der Waals surface area contributed by atoms with Crippen molar-refractivity contribution in [1.82, 2.24) is 0 Å². The smallest absolute Gasteiger partial charge is 0.127 e. The zero-order valence-corrected chi connectivity index (χ0v) is 13.7. The van der Waals surface area contributed by atoms with Crippen LogP contribution in [0.2, 0.25) is 0 Å². The Bertz CT molecular complexity index is 654. The first kappa shape index (κ1) is 14.2. The third kappa shape index (κ3) is 2.35. The number of ether oxygens (including phenoxy) is 1. The van der Waals surface area contributed by atoms with Crippen LogP contribution in [0.5, 0.6) is 5.75 Å². The fourth-order valence-corrected chi connectivity index (χ4v) is 3.42. The van der Waals surface area contributed by atoms with Crippen molar-refractivity contribution < 1.29 is 4.74 Å². The molecule has 2 aliphatic rings. The van der Waals surface area contributed by atoms with Crippen LogP contribution in [0.25, 0.3) is 6.08 Å². The topological polar surface area (TPSA) is 9.23 Å². The molecule has 1 aromatic rings. The van der Waals surface area contributed by atoms with Crippen LogP contribution >= 0.6 is 0 Å². The van der Waals surface area contributed by atoms with E-state index >= 15 is 0 Å². The van der Waals surface area contributed by atoms with E-state index in [0.29, 0.717) is 5.92 Å². The predicted octanol–water partition coefficient (Wildman–Crippen LogP) is 5.16. The Morgan fingerprint density at radius 3 is 2.38 bits per heavy atom. The lowest BCUT2D eigenvalue weighted by atomic mass is 9.80. The molecule has 0 saturated heterocycles. The third-order valence-electron chi connectivity index (χ3n) is 4.41. The molecule has 0 unspecified atom stereocenters. The van der Waals surface area contributed by atoms with Gasteiger partial charge in [0, 0.05) is 17.0 Å². The second-order valence-corrected chi connectivity index (χ2v) is 7.15. The number of fused-ring (bicyclic) bond motifs is 1. The van der Waals surface area contributed by atoms with Crippen LogP contribution in [0.1, 0.15) is 55.9 Å². The highest BCUT2D eigenvalue weighted by molar-refractivity contribution is 5.71. The zero-order valence-electron chi connectivity index (χ0n) is 13.7. The van der Waals surface area contributed by atoms with Crippen LogP contribution in [0.3, 0.4) is 0 Å². The molecule has 0 saturated carbocycles. The minimum absolute atomic E-state index is 0.0749. The monoisotopic (exact) mass is 280 g/mol. The lowest BCUT2D eigenvalue weighted by Gasteiger charge is -2.27. The highest BCUT2D eigenvalue weighted by Gasteiger charge is 2.29.